The smallest absolute Gasteiger partial charge is 0.223 e. The normalized spacial score (nSPS) is 17.2. The van der Waals surface area contributed by atoms with Gasteiger partial charge in [0.2, 0.25) is 5.91 Å². The van der Waals surface area contributed by atoms with Gasteiger partial charge in [-0.3, -0.25) is 14.5 Å². The third kappa shape index (κ3) is 5.84. The third-order valence-electron chi connectivity index (χ3n) is 5.21. The van der Waals surface area contributed by atoms with E-state index in [1.807, 2.05) is 4.90 Å². The van der Waals surface area contributed by atoms with Crippen LogP contribution in [0.5, 0.6) is 11.5 Å². The van der Waals surface area contributed by atoms with Gasteiger partial charge in [-0.25, -0.2) is 0 Å². The van der Waals surface area contributed by atoms with E-state index in [0.717, 1.165) is 32.1 Å². The van der Waals surface area contributed by atoms with E-state index in [2.05, 4.69) is 4.90 Å². The van der Waals surface area contributed by atoms with E-state index in [4.69, 9.17) is 9.47 Å². The molecule has 1 heterocycles. The van der Waals surface area contributed by atoms with Crippen LogP contribution in [0.15, 0.2) is 18.2 Å². The molecule has 1 aliphatic heterocycles. The lowest BCUT2D eigenvalue weighted by Crippen LogP contribution is -2.49. The number of amides is 1. The minimum atomic E-state index is -0.0494. The van der Waals surface area contributed by atoms with Gasteiger partial charge in [-0.05, 0) is 37.0 Å². The van der Waals surface area contributed by atoms with Crippen molar-refractivity contribution in [3.8, 4) is 11.5 Å². The van der Waals surface area contributed by atoms with Crippen LogP contribution in [0.3, 0.4) is 0 Å². The highest BCUT2D eigenvalue weighted by Gasteiger charge is 2.27. The summed E-state index contributed by atoms with van der Waals surface area (Å²) in [6.07, 6.45) is 3.20. The predicted octanol–water partition coefficient (Wildman–Crippen LogP) is 2.64. The van der Waals surface area contributed by atoms with Gasteiger partial charge in [0.05, 0.1) is 14.2 Å². The number of nitrogens with zero attached hydrogens (tertiary/aromatic N) is 2. The minimum absolute atomic E-state index is 0. The number of benzene rings is 1. The van der Waals surface area contributed by atoms with E-state index in [1.165, 1.54) is 19.4 Å². The summed E-state index contributed by atoms with van der Waals surface area (Å²) in [6.45, 7) is 4.63. The van der Waals surface area contributed by atoms with Crippen molar-refractivity contribution >= 4 is 24.1 Å². The molecule has 1 saturated carbocycles. The molecule has 0 N–H and O–H groups in total. The van der Waals surface area contributed by atoms with Crippen molar-refractivity contribution in [2.45, 2.75) is 25.7 Å². The van der Waals surface area contributed by atoms with E-state index >= 15 is 0 Å². The van der Waals surface area contributed by atoms with Gasteiger partial charge in [0.15, 0.2) is 17.3 Å². The maximum Gasteiger partial charge on any atom is 0.223 e. The van der Waals surface area contributed by atoms with Gasteiger partial charge in [0, 0.05) is 51.1 Å². The first-order chi connectivity index (χ1) is 12.6. The number of methoxy groups -OCH3 is 2. The molecule has 0 spiro atoms. The summed E-state index contributed by atoms with van der Waals surface area (Å²) in [7, 11) is 3.10. The van der Waals surface area contributed by atoms with Crippen molar-refractivity contribution in [3.05, 3.63) is 23.8 Å². The zero-order valence-corrected chi connectivity index (χ0v) is 16.9. The Bertz CT molecular complexity index is 655. The van der Waals surface area contributed by atoms with Gasteiger partial charge in [-0.2, -0.15) is 0 Å². The molecule has 1 aliphatic carbocycles. The molecule has 150 valence electrons. The number of carbonyl (C=O) groups excluding carboxylic acids is 2. The van der Waals surface area contributed by atoms with Gasteiger partial charge in [0.25, 0.3) is 0 Å². The van der Waals surface area contributed by atoms with E-state index in [9.17, 15) is 9.59 Å². The van der Waals surface area contributed by atoms with E-state index in [1.54, 1.807) is 32.4 Å². The topological polar surface area (TPSA) is 59.1 Å². The van der Waals surface area contributed by atoms with Crippen LogP contribution in [0.4, 0.5) is 0 Å². The zero-order chi connectivity index (χ0) is 18.5. The number of ether oxygens (including phenoxy) is 2. The Hall–Kier alpha value is -1.79. The fraction of sp³-hybridized carbons (Fsp3) is 0.600. The third-order valence-corrected chi connectivity index (χ3v) is 5.21. The van der Waals surface area contributed by atoms with Gasteiger partial charge < -0.3 is 14.4 Å². The number of carbonyl (C=O) groups is 2. The number of Topliss-reactive ketones (excluding diaryl/α,β-unsaturated/α-hetero) is 1. The highest BCUT2D eigenvalue weighted by Crippen LogP contribution is 2.30. The van der Waals surface area contributed by atoms with Crippen molar-refractivity contribution in [3.63, 3.8) is 0 Å². The molecule has 1 aromatic carbocycles. The molecule has 0 aromatic heterocycles. The second-order valence-corrected chi connectivity index (χ2v) is 7.12. The first-order valence-corrected chi connectivity index (χ1v) is 9.36. The van der Waals surface area contributed by atoms with Gasteiger partial charge in [-0.15, -0.1) is 12.4 Å². The van der Waals surface area contributed by atoms with E-state index in [0.29, 0.717) is 17.1 Å². The molecule has 27 heavy (non-hydrogen) atoms. The zero-order valence-electron chi connectivity index (χ0n) is 16.1. The summed E-state index contributed by atoms with van der Waals surface area (Å²) in [5.41, 5.74) is 0.546. The van der Waals surface area contributed by atoms with E-state index < -0.39 is 0 Å². The molecular formula is C20H29ClN2O4. The Labute approximate surface area is 167 Å². The fourth-order valence-corrected chi connectivity index (χ4v) is 3.38. The molecule has 1 saturated heterocycles. The molecule has 0 radical (unpaired) electrons. The van der Waals surface area contributed by atoms with Gasteiger partial charge >= 0.3 is 0 Å². The molecule has 3 rings (SSSR count). The first-order valence-electron chi connectivity index (χ1n) is 9.36. The van der Waals surface area contributed by atoms with Crippen molar-refractivity contribution in [2.75, 3.05) is 46.9 Å². The summed E-state index contributed by atoms with van der Waals surface area (Å²) in [6, 6.07) is 5.10. The Balaban J connectivity index is 0.00000261. The van der Waals surface area contributed by atoms with Crippen LogP contribution >= 0.6 is 12.4 Å². The van der Waals surface area contributed by atoms with Crippen LogP contribution in [0.2, 0.25) is 0 Å². The Kier molecular flexibility index (Phi) is 7.92. The quantitative estimate of drug-likeness (QED) is 0.632. The number of hydrogen-bond acceptors (Lipinski definition) is 5. The van der Waals surface area contributed by atoms with E-state index in [-0.39, 0.29) is 36.9 Å². The standard InChI is InChI=1S/C20H28N2O4.ClH/c1-25-18-7-5-16(13-19(18)26-2)17(23)6-8-20(24)22-11-9-21(10-12-22)14-15-3-4-15;/h5,7,13,15H,3-4,6,8-12,14H2,1-2H3;1H. The lowest BCUT2D eigenvalue weighted by Gasteiger charge is -2.34. The summed E-state index contributed by atoms with van der Waals surface area (Å²) >= 11 is 0. The van der Waals surface area contributed by atoms with Crippen LogP contribution in [-0.4, -0.2) is 68.4 Å². The molecule has 1 amide bonds. The Morgan fingerprint density at radius 2 is 1.67 bits per heavy atom. The highest BCUT2D eigenvalue weighted by atomic mass is 35.5. The number of piperazine rings is 1. The van der Waals surface area contributed by atoms with Crippen molar-refractivity contribution in [2.24, 2.45) is 5.92 Å². The largest absolute Gasteiger partial charge is 0.493 e. The van der Waals surface area contributed by atoms with Gasteiger partial charge in [-0.1, -0.05) is 0 Å². The molecule has 1 aromatic rings. The van der Waals surface area contributed by atoms with Crippen LogP contribution in [0.25, 0.3) is 0 Å². The first kappa shape index (κ1) is 21.5. The fourth-order valence-electron chi connectivity index (χ4n) is 3.38. The van der Waals surface area contributed by atoms with Crippen LogP contribution in [0, 0.1) is 5.92 Å². The Morgan fingerprint density at radius 1 is 1.00 bits per heavy atom. The number of rotatable bonds is 8. The second kappa shape index (κ2) is 9.95. The molecular weight excluding hydrogens is 368 g/mol. The number of hydrogen-bond donors (Lipinski definition) is 0. The summed E-state index contributed by atoms with van der Waals surface area (Å²) in [4.78, 5) is 29.2. The predicted molar refractivity (Wildman–Crippen MR) is 106 cm³/mol. The van der Waals surface area contributed by atoms with Crippen molar-refractivity contribution in [1.29, 1.82) is 0 Å². The van der Waals surface area contributed by atoms with Crippen molar-refractivity contribution < 1.29 is 19.1 Å². The Morgan fingerprint density at radius 3 is 2.26 bits per heavy atom. The second-order valence-electron chi connectivity index (χ2n) is 7.12. The maximum absolute atomic E-state index is 12.4. The van der Waals surface area contributed by atoms with Crippen LogP contribution < -0.4 is 9.47 Å². The lowest BCUT2D eigenvalue weighted by atomic mass is 10.1. The van der Waals surface area contributed by atoms with Gasteiger partial charge in [0.1, 0.15) is 0 Å². The van der Waals surface area contributed by atoms with Crippen LogP contribution in [-0.2, 0) is 4.79 Å². The highest BCUT2D eigenvalue weighted by molar-refractivity contribution is 5.98. The van der Waals surface area contributed by atoms with Crippen molar-refractivity contribution in [1.82, 2.24) is 9.80 Å². The molecule has 2 aliphatic rings. The lowest BCUT2D eigenvalue weighted by molar-refractivity contribution is -0.132. The average Bonchev–Trinajstić information content (AvgIpc) is 3.49. The molecule has 6 nitrogen and oxygen atoms in total. The average molecular weight is 397 g/mol. The monoisotopic (exact) mass is 396 g/mol. The summed E-state index contributed by atoms with van der Waals surface area (Å²) in [5.74, 6) is 2.02. The minimum Gasteiger partial charge on any atom is -0.493 e. The SMILES string of the molecule is COc1ccc(C(=O)CCC(=O)N2CCN(CC3CC3)CC2)cc1OC.Cl. The number of ketones is 1. The number of halogens is 1. The molecule has 0 unspecified atom stereocenters. The summed E-state index contributed by atoms with van der Waals surface area (Å²) < 4.78 is 10.4. The molecule has 0 bridgehead atoms. The molecule has 7 heteroatoms. The summed E-state index contributed by atoms with van der Waals surface area (Å²) in [5, 5.41) is 0. The van der Waals surface area contributed by atoms with Crippen LogP contribution in [0.1, 0.15) is 36.0 Å². The molecule has 0 atom stereocenters. The maximum atomic E-state index is 12.4. The molecule has 2 fully saturated rings.